The van der Waals surface area contributed by atoms with Gasteiger partial charge < -0.3 is 0 Å². The summed E-state index contributed by atoms with van der Waals surface area (Å²) in [6.07, 6.45) is 6.98. The molecule has 0 aromatic heterocycles. The van der Waals surface area contributed by atoms with Crippen LogP contribution >= 0.6 is 0 Å². The summed E-state index contributed by atoms with van der Waals surface area (Å²) >= 11 is 0. The van der Waals surface area contributed by atoms with E-state index in [-0.39, 0.29) is 0 Å². The van der Waals surface area contributed by atoms with Crippen LogP contribution in [0, 0.1) is 0 Å². The highest BCUT2D eigenvalue weighted by molar-refractivity contribution is 6.71. The summed E-state index contributed by atoms with van der Waals surface area (Å²) in [5, 5.41) is 1.62. The second-order valence-corrected chi connectivity index (χ2v) is 9.38. The van der Waals surface area contributed by atoms with Gasteiger partial charge in [0, 0.05) is 5.92 Å². The highest BCUT2D eigenvalue weighted by Gasteiger charge is 2.30. The van der Waals surface area contributed by atoms with Crippen molar-refractivity contribution in [1.82, 2.24) is 0 Å². The van der Waals surface area contributed by atoms with Gasteiger partial charge in [0.05, 0.1) is 8.80 Å². The zero-order valence-electron chi connectivity index (χ0n) is 14.2. The maximum atomic E-state index is 2.41. The molecule has 1 atom stereocenters. The third-order valence-corrected chi connectivity index (χ3v) is 6.78. The molecule has 1 radical (unpaired) electrons. The second-order valence-electron chi connectivity index (χ2n) is 6.84. The smallest absolute Gasteiger partial charge is 0.0723 e. The Morgan fingerprint density at radius 1 is 1.04 bits per heavy atom. The van der Waals surface area contributed by atoms with Crippen molar-refractivity contribution in [2.45, 2.75) is 38.8 Å². The van der Waals surface area contributed by atoms with Crippen molar-refractivity contribution in [3.63, 3.8) is 0 Å². The molecule has 2 aliphatic carbocycles. The first-order valence-electron chi connectivity index (χ1n) is 8.62. The van der Waals surface area contributed by atoms with Gasteiger partial charge in [-0.15, -0.1) is 0 Å². The van der Waals surface area contributed by atoms with Crippen LogP contribution in [0.2, 0.25) is 13.1 Å². The predicted octanol–water partition coefficient (Wildman–Crippen LogP) is 5.18. The van der Waals surface area contributed by atoms with E-state index in [0.717, 1.165) is 12.8 Å². The van der Waals surface area contributed by atoms with E-state index >= 15 is 0 Å². The molecule has 0 bridgehead atoms. The van der Waals surface area contributed by atoms with Crippen LogP contribution in [-0.4, -0.2) is 8.80 Å². The number of rotatable bonds is 3. The average Bonchev–Trinajstić information content (AvgIpc) is 3.14. The molecule has 0 N–H and O–H groups in total. The maximum Gasteiger partial charge on any atom is 0.0799 e. The Morgan fingerprint density at radius 2 is 1.87 bits per heavy atom. The molecule has 2 aliphatic rings. The van der Waals surface area contributed by atoms with Gasteiger partial charge in [0.25, 0.3) is 0 Å². The van der Waals surface area contributed by atoms with Gasteiger partial charge in [0.1, 0.15) is 0 Å². The molecular weight excluding hydrogens is 292 g/mol. The molecule has 0 saturated carbocycles. The fraction of sp³-hybridized carbons (Fsp3) is 0.273. The van der Waals surface area contributed by atoms with Gasteiger partial charge in [0.2, 0.25) is 0 Å². The number of allylic oxidation sites excluding steroid dienone is 3. The fourth-order valence-corrected chi connectivity index (χ4v) is 5.49. The first kappa shape index (κ1) is 14.7. The Kier molecular flexibility index (Phi) is 3.61. The van der Waals surface area contributed by atoms with Crippen molar-refractivity contribution in [3.05, 3.63) is 76.4 Å². The lowest BCUT2D eigenvalue weighted by atomic mass is 9.89. The van der Waals surface area contributed by atoms with Crippen molar-refractivity contribution in [3.8, 4) is 0 Å². The normalized spacial score (nSPS) is 18.7. The summed E-state index contributed by atoms with van der Waals surface area (Å²) in [6, 6.07) is 15.8. The SMILES string of the molecule is CCC1=C(C2C=Cc3ccccc32)Cc2cccc([Si](C)C)c21. The van der Waals surface area contributed by atoms with E-state index in [1.54, 1.807) is 27.5 Å². The summed E-state index contributed by atoms with van der Waals surface area (Å²) in [6.45, 7) is 7.15. The van der Waals surface area contributed by atoms with Crippen molar-refractivity contribution in [1.29, 1.82) is 0 Å². The molecule has 4 rings (SSSR count). The summed E-state index contributed by atoms with van der Waals surface area (Å²) < 4.78 is 0. The van der Waals surface area contributed by atoms with E-state index in [4.69, 9.17) is 0 Å². The van der Waals surface area contributed by atoms with E-state index in [1.165, 1.54) is 11.1 Å². The van der Waals surface area contributed by atoms with Crippen LogP contribution in [0.4, 0.5) is 0 Å². The minimum Gasteiger partial charge on any atom is -0.0723 e. The molecule has 0 spiro atoms. The highest BCUT2D eigenvalue weighted by Crippen LogP contribution is 2.45. The van der Waals surface area contributed by atoms with Crippen LogP contribution in [-0.2, 0) is 6.42 Å². The van der Waals surface area contributed by atoms with Crippen LogP contribution in [0.1, 0.15) is 41.5 Å². The first-order valence-corrected chi connectivity index (χ1v) is 11.1. The Morgan fingerprint density at radius 3 is 2.65 bits per heavy atom. The highest BCUT2D eigenvalue weighted by atomic mass is 28.3. The summed E-state index contributed by atoms with van der Waals surface area (Å²) in [4.78, 5) is 0. The molecule has 115 valence electrons. The lowest BCUT2D eigenvalue weighted by molar-refractivity contribution is 0.958. The van der Waals surface area contributed by atoms with Gasteiger partial charge in [-0.25, -0.2) is 0 Å². The molecular formula is C22H23Si. The number of fused-ring (bicyclic) bond motifs is 2. The Hall–Kier alpha value is -1.86. The van der Waals surface area contributed by atoms with Crippen LogP contribution in [0.15, 0.2) is 54.1 Å². The minimum absolute atomic E-state index is 0.437. The molecule has 2 aromatic carbocycles. The van der Waals surface area contributed by atoms with Crippen molar-refractivity contribution >= 4 is 25.6 Å². The predicted molar refractivity (Wildman–Crippen MR) is 103 cm³/mol. The van der Waals surface area contributed by atoms with Gasteiger partial charge in [-0.2, -0.15) is 0 Å². The van der Waals surface area contributed by atoms with Gasteiger partial charge in [-0.05, 0) is 40.7 Å². The molecule has 0 saturated heterocycles. The number of hydrogen-bond donors (Lipinski definition) is 0. The monoisotopic (exact) mass is 315 g/mol. The second kappa shape index (κ2) is 5.65. The van der Waals surface area contributed by atoms with Gasteiger partial charge in [0.15, 0.2) is 0 Å². The lowest BCUT2D eigenvalue weighted by Gasteiger charge is -2.16. The van der Waals surface area contributed by atoms with Crippen molar-refractivity contribution in [2.24, 2.45) is 0 Å². The topological polar surface area (TPSA) is 0 Å². The zero-order chi connectivity index (χ0) is 16.0. The molecule has 0 nitrogen and oxygen atoms in total. The van der Waals surface area contributed by atoms with E-state index in [9.17, 15) is 0 Å². The Balaban J connectivity index is 1.86. The lowest BCUT2D eigenvalue weighted by Crippen LogP contribution is -2.26. The molecule has 23 heavy (non-hydrogen) atoms. The first-order chi connectivity index (χ1) is 11.2. The van der Waals surface area contributed by atoms with Crippen LogP contribution in [0.25, 0.3) is 11.6 Å². The van der Waals surface area contributed by atoms with Gasteiger partial charge in [-0.3, -0.25) is 0 Å². The Labute approximate surface area is 141 Å². The van der Waals surface area contributed by atoms with Crippen molar-refractivity contribution < 1.29 is 0 Å². The summed E-state index contributed by atoms with van der Waals surface area (Å²) in [5.41, 5.74) is 9.29. The molecule has 1 unspecified atom stereocenters. The number of benzene rings is 2. The van der Waals surface area contributed by atoms with Crippen LogP contribution in [0.5, 0.6) is 0 Å². The maximum absolute atomic E-state index is 2.41. The molecule has 0 fully saturated rings. The largest absolute Gasteiger partial charge is 0.0799 e. The standard InChI is InChI=1S/C22H23Si/c1-4-17-20(19-13-12-15-8-5-6-10-18(15)19)14-16-9-7-11-21(22(16)17)23(2)3/h5-13,19H,4,14H2,1-3H3. The van der Waals surface area contributed by atoms with E-state index in [2.05, 4.69) is 74.6 Å². The average molecular weight is 316 g/mol. The van der Waals surface area contributed by atoms with Gasteiger partial charge in [-0.1, -0.05) is 85.4 Å². The van der Waals surface area contributed by atoms with Crippen LogP contribution < -0.4 is 5.19 Å². The summed E-state index contributed by atoms with van der Waals surface area (Å²) in [5.74, 6) is 0.478. The van der Waals surface area contributed by atoms with E-state index in [0.29, 0.717) is 5.92 Å². The molecule has 1 heteroatoms. The van der Waals surface area contributed by atoms with Gasteiger partial charge >= 0.3 is 0 Å². The molecule has 0 aliphatic heterocycles. The summed E-state index contributed by atoms with van der Waals surface area (Å²) in [7, 11) is -0.437. The minimum atomic E-state index is -0.437. The third kappa shape index (κ3) is 2.26. The molecule has 0 amide bonds. The van der Waals surface area contributed by atoms with Crippen molar-refractivity contribution in [2.75, 3.05) is 0 Å². The third-order valence-electron chi connectivity index (χ3n) is 5.29. The number of hydrogen-bond acceptors (Lipinski definition) is 0. The van der Waals surface area contributed by atoms with Crippen LogP contribution in [0.3, 0.4) is 0 Å². The molecule has 2 aromatic rings. The quantitative estimate of drug-likeness (QED) is 0.685. The fourth-order valence-electron chi connectivity index (χ4n) is 4.25. The zero-order valence-corrected chi connectivity index (χ0v) is 15.2. The van der Waals surface area contributed by atoms with E-state index < -0.39 is 8.80 Å². The Bertz CT molecular complexity index is 824. The molecule has 0 heterocycles. The van der Waals surface area contributed by atoms with E-state index in [1.807, 2.05) is 0 Å².